The number of nitrogens with zero attached hydrogens (tertiary/aromatic N) is 1. The Kier molecular flexibility index (Phi) is 7.03. The summed E-state index contributed by atoms with van der Waals surface area (Å²) >= 11 is 0. The molecule has 3 aromatic rings. The highest BCUT2D eigenvalue weighted by molar-refractivity contribution is 6.06. The minimum Gasteiger partial charge on any atom is -0.371 e. The number of amides is 2. The zero-order valence-corrected chi connectivity index (χ0v) is 18.7. The molecular weight excluding hydrogens is 417 g/mol. The summed E-state index contributed by atoms with van der Waals surface area (Å²) in [6.45, 7) is 4.43. The van der Waals surface area contributed by atoms with Crippen LogP contribution in [0.2, 0.25) is 0 Å². The Morgan fingerprint density at radius 1 is 0.939 bits per heavy atom. The van der Waals surface area contributed by atoms with Crippen LogP contribution in [0.5, 0.6) is 0 Å². The van der Waals surface area contributed by atoms with Crippen molar-refractivity contribution >= 4 is 23.2 Å². The van der Waals surface area contributed by atoms with Crippen LogP contribution in [0.15, 0.2) is 72.8 Å². The standard InChI is InChI=1S/C27H28FN3O2/c1-19-12-14-31(15-13-19)25-11-10-23(30-26(32)21-8-5-9-22(28)16-21)17-24(25)27(33)29-18-20-6-3-2-4-7-20/h2-11,16-17,19H,12-15,18H2,1H3,(H,29,33)(H,30,32). The van der Waals surface area contributed by atoms with E-state index in [1.807, 2.05) is 36.4 Å². The molecule has 0 aliphatic carbocycles. The van der Waals surface area contributed by atoms with Gasteiger partial charge in [0.25, 0.3) is 11.8 Å². The molecule has 6 heteroatoms. The van der Waals surface area contributed by atoms with Crippen molar-refractivity contribution in [1.29, 1.82) is 0 Å². The highest BCUT2D eigenvalue weighted by Gasteiger charge is 2.22. The van der Waals surface area contributed by atoms with E-state index in [2.05, 4.69) is 22.5 Å². The number of hydrogen-bond acceptors (Lipinski definition) is 3. The summed E-state index contributed by atoms with van der Waals surface area (Å²) in [6.07, 6.45) is 2.15. The summed E-state index contributed by atoms with van der Waals surface area (Å²) < 4.78 is 13.5. The predicted octanol–water partition coefficient (Wildman–Crippen LogP) is 5.24. The first-order valence-electron chi connectivity index (χ1n) is 11.3. The van der Waals surface area contributed by atoms with Crippen molar-refractivity contribution in [2.24, 2.45) is 5.92 Å². The molecule has 0 radical (unpaired) electrons. The van der Waals surface area contributed by atoms with Gasteiger partial charge in [-0.1, -0.05) is 43.3 Å². The monoisotopic (exact) mass is 445 g/mol. The lowest BCUT2D eigenvalue weighted by atomic mass is 9.97. The minimum atomic E-state index is -0.474. The van der Waals surface area contributed by atoms with Crippen molar-refractivity contribution in [2.45, 2.75) is 26.3 Å². The van der Waals surface area contributed by atoms with Gasteiger partial charge in [-0.15, -0.1) is 0 Å². The van der Waals surface area contributed by atoms with Crippen LogP contribution in [-0.4, -0.2) is 24.9 Å². The van der Waals surface area contributed by atoms with E-state index in [1.165, 1.54) is 18.2 Å². The number of benzene rings is 3. The molecule has 0 bridgehead atoms. The molecule has 0 spiro atoms. The first-order chi connectivity index (χ1) is 16.0. The number of rotatable bonds is 6. The number of hydrogen-bond donors (Lipinski definition) is 2. The van der Waals surface area contributed by atoms with Crippen molar-refractivity contribution in [3.63, 3.8) is 0 Å². The van der Waals surface area contributed by atoms with Gasteiger partial charge < -0.3 is 15.5 Å². The summed E-state index contributed by atoms with van der Waals surface area (Å²) in [5.74, 6) is -0.432. The van der Waals surface area contributed by atoms with Gasteiger partial charge in [0.2, 0.25) is 0 Å². The van der Waals surface area contributed by atoms with Crippen LogP contribution in [-0.2, 0) is 6.54 Å². The topological polar surface area (TPSA) is 61.4 Å². The Balaban J connectivity index is 1.57. The van der Waals surface area contributed by atoms with Gasteiger partial charge in [0.1, 0.15) is 5.82 Å². The molecule has 0 saturated carbocycles. The summed E-state index contributed by atoms with van der Waals surface area (Å²) in [5, 5.41) is 5.78. The third-order valence-electron chi connectivity index (χ3n) is 6.01. The van der Waals surface area contributed by atoms with E-state index < -0.39 is 11.7 Å². The lowest BCUT2D eigenvalue weighted by molar-refractivity contribution is 0.0950. The number of carbonyl (C=O) groups excluding carboxylic acids is 2. The average Bonchev–Trinajstić information content (AvgIpc) is 2.84. The van der Waals surface area contributed by atoms with Gasteiger partial charge in [0, 0.05) is 36.6 Å². The lowest BCUT2D eigenvalue weighted by Gasteiger charge is -2.33. The SMILES string of the molecule is CC1CCN(c2ccc(NC(=O)c3cccc(F)c3)cc2C(=O)NCc2ccccc2)CC1. The van der Waals surface area contributed by atoms with Crippen molar-refractivity contribution in [1.82, 2.24) is 5.32 Å². The van der Waals surface area contributed by atoms with Crippen LogP contribution >= 0.6 is 0 Å². The van der Waals surface area contributed by atoms with Gasteiger partial charge in [-0.2, -0.15) is 0 Å². The van der Waals surface area contributed by atoms with Gasteiger partial charge in [0.15, 0.2) is 0 Å². The van der Waals surface area contributed by atoms with E-state index in [-0.39, 0.29) is 11.5 Å². The molecule has 0 atom stereocenters. The summed E-state index contributed by atoms with van der Waals surface area (Å²) in [5.41, 5.74) is 3.09. The number of anilines is 2. The Bertz CT molecular complexity index is 1130. The summed E-state index contributed by atoms with van der Waals surface area (Å²) in [6, 6.07) is 20.6. The second kappa shape index (κ2) is 10.3. The number of nitrogens with one attached hydrogen (secondary N) is 2. The molecule has 1 saturated heterocycles. The molecule has 33 heavy (non-hydrogen) atoms. The van der Waals surface area contributed by atoms with Crippen molar-refractivity contribution < 1.29 is 14.0 Å². The van der Waals surface area contributed by atoms with E-state index in [9.17, 15) is 14.0 Å². The molecule has 1 heterocycles. The van der Waals surface area contributed by atoms with Crippen LogP contribution in [0.4, 0.5) is 15.8 Å². The fraction of sp³-hybridized carbons (Fsp3) is 0.259. The smallest absolute Gasteiger partial charge is 0.255 e. The minimum absolute atomic E-state index is 0.200. The molecule has 170 valence electrons. The van der Waals surface area contributed by atoms with Crippen molar-refractivity contribution in [2.75, 3.05) is 23.3 Å². The van der Waals surface area contributed by atoms with Crippen LogP contribution in [0, 0.1) is 11.7 Å². The Labute approximate surface area is 193 Å². The van der Waals surface area contributed by atoms with Crippen LogP contribution in [0.1, 0.15) is 46.0 Å². The number of piperidine rings is 1. The predicted molar refractivity (Wildman–Crippen MR) is 129 cm³/mol. The molecule has 1 fully saturated rings. The third kappa shape index (κ3) is 5.77. The second-order valence-electron chi connectivity index (χ2n) is 8.53. The van der Waals surface area contributed by atoms with E-state index >= 15 is 0 Å². The van der Waals surface area contributed by atoms with Gasteiger partial charge in [-0.05, 0) is 60.7 Å². The molecule has 0 unspecified atom stereocenters. The van der Waals surface area contributed by atoms with Crippen LogP contribution in [0.25, 0.3) is 0 Å². The number of halogens is 1. The molecule has 2 N–H and O–H groups in total. The first kappa shape index (κ1) is 22.5. The van der Waals surface area contributed by atoms with E-state index in [0.717, 1.165) is 37.2 Å². The normalized spacial score (nSPS) is 14.1. The molecule has 3 aromatic carbocycles. The molecule has 1 aliphatic heterocycles. The lowest BCUT2D eigenvalue weighted by Crippen LogP contribution is -2.35. The van der Waals surface area contributed by atoms with Gasteiger partial charge in [0.05, 0.1) is 5.56 Å². The molecular formula is C27H28FN3O2. The fourth-order valence-corrected chi connectivity index (χ4v) is 4.03. The second-order valence-corrected chi connectivity index (χ2v) is 8.53. The van der Waals surface area contributed by atoms with E-state index in [0.29, 0.717) is 23.7 Å². The van der Waals surface area contributed by atoms with E-state index in [4.69, 9.17) is 0 Å². The quantitative estimate of drug-likeness (QED) is 0.545. The Hall–Kier alpha value is -3.67. The van der Waals surface area contributed by atoms with Crippen molar-refractivity contribution in [3.8, 4) is 0 Å². The highest BCUT2D eigenvalue weighted by atomic mass is 19.1. The zero-order chi connectivity index (χ0) is 23.2. The first-order valence-corrected chi connectivity index (χ1v) is 11.3. The zero-order valence-electron chi connectivity index (χ0n) is 18.7. The molecule has 5 nitrogen and oxygen atoms in total. The largest absolute Gasteiger partial charge is 0.371 e. The Morgan fingerprint density at radius 2 is 1.70 bits per heavy atom. The molecule has 2 amide bonds. The molecule has 1 aliphatic rings. The Morgan fingerprint density at radius 3 is 2.42 bits per heavy atom. The van der Waals surface area contributed by atoms with E-state index in [1.54, 1.807) is 18.2 Å². The summed E-state index contributed by atoms with van der Waals surface area (Å²) in [7, 11) is 0. The van der Waals surface area contributed by atoms with Crippen molar-refractivity contribution in [3.05, 3.63) is 95.3 Å². The maximum Gasteiger partial charge on any atom is 0.255 e. The van der Waals surface area contributed by atoms with Crippen LogP contribution in [0.3, 0.4) is 0 Å². The maximum absolute atomic E-state index is 13.5. The highest BCUT2D eigenvalue weighted by Crippen LogP contribution is 2.29. The van der Waals surface area contributed by atoms with Gasteiger partial charge in [-0.3, -0.25) is 9.59 Å². The average molecular weight is 446 g/mol. The van der Waals surface area contributed by atoms with Gasteiger partial charge in [-0.25, -0.2) is 4.39 Å². The number of carbonyl (C=O) groups is 2. The third-order valence-corrected chi connectivity index (χ3v) is 6.01. The van der Waals surface area contributed by atoms with Crippen LogP contribution < -0.4 is 15.5 Å². The van der Waals surface area contributed by atoms with Gasteiger partial charge >= 0.3 is 0 Å². The fourth-order valence-electron chi connectivity index (χ4n) is 4.03. The molecule has 4 rings (SSSR count). The molecule has 0 aromatic heterocycles. The summed E-state index contributed by atoms with van der Waals surface area (Å²) in [4.78, 5) is 28.0. The maximum atomic E-state index is 13.5.